The molecular weight excluding hydrogens is 390 g/mol. The average molecular weight is 424 g/mol. The summed E-state index contributed by atoms with van der Waals surface area (Å²) in [5.41, 5.74) is 10.1. The Hall–Kier alpha value is -3.54. The fourth-order valence-corrected chi connectivity index (χ4v) is 2.75. The minimum Gasteiger partial charge on any atom is -0.508 e. The molecule has 0 fully saturated rings. The molecule has 4 N–H and O–H groups in total. The van der Waals surface area contributed by atoms with Crippen LogP contribution in [0.2, 0.25) is 0 Å². The van der Waals surface area contributed by atoms with Crippen LogP contribution < -0.4 is 15.8 Å². The molecule has 0 aliphatic carbocycles. The number of amides is 1. The van der Waals surface area contributed by atoms with E-state index in [9.17, 15) is 9.90 Å². The topological polar surface area (TPSA) is 97.5 Å². The Balaban J connectivity index is 0.00000233. The number of anilines is 1. The highest BCUT2D eigenvalue weighted by Gasteiger charge is 2.12. The van der Waals surface area contributed by atoms with Crippen molar-refractivity contribution < 1.29 is 14.6 Å². The fourth-order valence-electron chi connectivity index (χ4n) is 2.75. The number of nitrogens with zero attached hydrogens (tertiary/aromatic N) is 1. The van der Waals surface area contributed by atoms with Gasteiger partial charge in [0.2, 0.25) is 0 Å². The molecule has 0 unspecified atom stereocenters. The molecule has 1 aromatic heterocycles. The van der Waals surface area contributed by atoms with E-state index in [0.717, 1.165) is 23.1 Å². The first-order valence-corrected chi connectivity index (χ1v) is 10.3. The number of carbonyl (C=O) groups is 1. The van der Waals surface area contributed by atoms with Crippen molar-refractivity contribution in [2.75, 3.05) is 12.8 Å². The van der Waals surface area contributed by atoms with Crippen LogP contribution in [0.5, 0.6) is 11.5 Å². The maximum atomic E-state index is 12.7. The molecule has 0 aliphatic rings. The zero-order chi connectivity index (χ0) is 23.6. The molecule has 0 aliphatic heterocycles. The maximum Gasteiger partial charge on any atom is 0.255 e. The number of aromatic nitrogens is 1. The molecule has 0 saturated carbocycles. The van der Waals surface area contributed by atoms with Crippen LogP contribution in [0.1, 0.15) is 56.2 Å². The predicted molar refractivity (Wildman–Crippen MR) is 128 cm³/mol. The quantitative estimate of drug-likeness (QED) is 0.528. The van der Waals surface area contributed by atoms with Gasteiger partial charge in [-0.15, -0.1) is 0 Å². The van der Waals surface area contributed by atoms with Gasteiger partial charge in [-0.25, -0.2) is 4.98 Å². The van der Waals surface area contributed by atoms with Gasteiger partial charge in [-0.1, -0.05) is 39.5 Å². The molecule has 2 aromatic rings. The van der Waals surface area contributed by atoms with Crippen molar-refractivity contribution >= 4 is 17.3 Å². The number of ether oxygens (including phenoxy) is 1. The van der Waals surface area contributed by atoms with E-state index in [4.69, 9.17) is 10.5 Å². The van der Waals surface area contributed by atoms with Crippen LogP contribution in [0.15, 0.2) is 60.3 Å². The second-order valence-corrected chi connectivity index (χ2v) is 6.55. The smallest absolute Gasteiger partial charge is 0.255 e. The highest BCUT2D eigenvalue weighted by molar-refractivity contribution is 5.96. The number of nitrogens with two attached hydrogens (primary N) is 1. The molecule has 0 saturated heterocycles. The Morgan fingerprint density at radius 1 is 1.29 bits per heavy atom. The van der Waals surface area contributed by atoms with Gasteiger partial charge in [0, 0.05) is 22.9 Å². The summed E-state index contributed by atoms with van der Waals surface area (Å²) in [5, 5.41) is 12.6. The Morgan fingerprint density at radius 3 is 2.48 bits per heavy atom. The van der Waals surface area contributed by atoms with E-state index in [0.29, 0.717) is 23.0 Å². The molecule has 6 heteroatoms. The summed E-state index contributed by atoms with van der Waals surface area (Å²) < 4.78 is 5.10. The van der Waals surface area contributed by atoms with Crippen molar-refractivity contribution in [3.63, 3.8) is 0 Å². The summed E-state index contributed by atoms with van der Waals surface area (Å²) in [7, 11) is 1.47. The Morgan fingerprint density at radius 2 is 1.97 bits per heavy atom. The molecule has 1 heterocycles. The number of nitrogens with one attached hydrogen (secondary N) is 1. The van der Waals surface area contributed by atoms with E-state index in [-0.39, 0.29) is 17.2 Å². The number of aromatic hydroxyl groups is 1. The van der Waals surface area contributed by atoms with Gasteiger partial charge in [-0.05, 0) is 55.7 Å². The molecule has 6 nitrogen and oxygen atoms in total. The third-order valence-electron chi connectivity index (χ3n) is 4.39. The van der Waals surface area contributed by atoms with Gasteiger partial charge in [0.1, 0.15) is 17.3 Å². The highest BCUT2D eigenvalue weighted by atomic mass is 16.5. The zero-order valence-electron chi connectivity index (χ0n) is 19.2. The highest BCUT2D eigenvalue weighted by Crippen LogP contribution is 2.25. The van der Waals surface area contributed by atoms with Crippen molar-refractivity contribution in [2.24, 2.45) is 0 Å². The summed E-state index contributed by atoms with van der Waals surface area (Å²) in [5.74, 6) is 0.449. The molecule has 1 aromatic carbocycles. The monoisotopic (exact) mass is 423 g/mol. The molecule has 0 bridgehead atoms. The fraction of sp³-hybridized carbons (Fsp3) is 0.280. The standard InChI is InChI=1S/C23H27N3O3.C2H6/c1-6-15-8-9-21(26-22(15)24)20(14(3)4)12-17(7-2)25-23(28)16-10-18(27)13-19(11-16)29-5;1-2/h7-13,27H,3,6H2,1-2,4-5H3,(H2,24,26)(H,25,28);1-2H3/b17-7+,20-12+;. The number of benzene rings is 1. The lowest BCUT2D eigenvalue weighted by Crippen LogP contribution is -2.22. The number of hydrogen-bond donors (Lipinski definition) is 3. The van der Waals surface area contributed by atoms with Gasteiger partial charge in [-0.2, -0.15) is 0 Å². The van der Waals surface area contributed by atoms with Gasteiger partial charge >= 0.3 is 0 Å². The third-order valence-corrected chi connectivity index (χ3v) is 4.39. The number of nitrogen functional groups attached to an aromatic ring is 1. The second kappa shape index (κ2) is 12.2. The van der Waals surface area contributed by atoms with E-state index < -0.39 is 0 Å². The summed E-state index contributed by atoms with van der Waals surface area (Å²) in [4.78, 5) is 17.1. The largest absolute Gasteiger partial charge is 0.508 e. The van der Waals surface area contributed by atoms with Crippen LogP contribution in [0.3, 0.4) is 0 Å². The van der Waals surface area contributed by atoms with Gasteiger partial charge in [0.25, 0.3) is 5.91 Å². The lowest BCUT2D eigenvalue weighted by Gasteiger charge is -2.12. The van der Waals surface area contributed by atoms with Crippen LogP contribution in [-0.4, -0.2) is 23.1 Å². The van der Waals surface area contributed by atoms with Gasteiger partial charge in [-0.3, -0.25) is 4.79 Å². The van der Waals surface area contributed by atoms with Crippen molar-refractivity contribution in [3.05, 3.63) is 77.2 Å². The van der Waals surface area contributed by atoms with Gasteiger partial charge in [0.15, 0.2) is 0 Å². The molecule has 1 amide bonds. The normalized spacial score (nSPS) is 11.3. The Kier molecular flexibility index (Phi) is 10.1. The van der Waals surface area contributed by atoms with E-state index in [2.05, 4.69) is 16.9 Å². The molecular formula is C25H33N3O3. The maximum absolute atomic E-state index is 12.7. The number of phenols is 1. The number of phenolic OH excluding ortho intramolecular Hbond substituents is 1. The molecule has 0 atom stereocenters. The molecule has 0 spiro atoms. The van der Waals surface area contributed by atoms with Gasteiger partial charge < -0.3 is 20.9 Å². The number of pyridine rings is 1. The van der Waals surface area contributed by atoms with Crippen LogP contribution in [0.4, 0.5) is 5.82 Å². The first-order chi connectivity index (χ1) is 14.8. The van der Waals surface area contributed by atoms with Crippen LogP contribution >= 0.6 is 0 Å². The lowest BCUT2D eigenvalue weighted by atomic mass is 10.0. The van der Waals surface area contributed by atoms with Crippen LogP contribution in [0, 0.1) is 0 Å². The number of rotatable bonds is 7. The summed E-state index contributed by atoms with van der Waals surface area (Å²) in [6.45, 7) is 13.7. The zero-order valence-corrected chi connectivity index (χ0v) is 19.2. The van der Waals surface area contributed by atoms with Crippen molar-refractivity contribution in [2.45, 2.75) is 41.0 Å². The number of carbonyl (C=O) groups excluding carboxylic acids is 1. The minimum absolute atomic E-state index is 0.0506. The van der Waals surface area contributed by atoms with Gasteiger partial charge in [0.05, 0.1) is 12.8 Å². The van der Waals surface area contributed by atoms with Crippen LogP contribution in [-0.2, 0) is 6.42 Å². The first kappa shape index (κ1) is 25.5. The lowest BCUT2D eigenvalue weighted by molar-refractivity contribution is 0.0966. The number of aryl methyl sites for hydroxylation is 1. The van der Waals surface area contributed by atoms with Crippen molar-refractivity contribution in [1.82, 2.24) is 10.3 Å². The summed E-state index contributed by atoms with van der Waals surface area (Å²) in [6, 6.07) is 8.20. The van der Waals surface area contributed by atoms with Crippen molar-refractivity contribution in [1.29, 1.82) is 0 Å². The van der Waals surface area contributed by atoms with E-state index >= 15 is 0 Å². The molecule has 166 valence electrons. The molecule has 0 radical (unpaired) electrons. The second-order valence-electron chi connectivity index (χ2n) is 6.55. The van der Waals surface area contributed by atoms with Crippen molar-refractivity contribution in [3.8, 4) is 11.5 Å². The predicted octanol–water partition coefficient (Wildman–Crippen LogP) is 5.26. The Labute approximate surface area is 185 Å². The summed E-state index contributed by atoms with van der Waals surface area (Å²) >= 11 is 0. The van der Waals surface area contributed by atoms with E-state index in [1.807, 2.05) is 46.8 Å². The average Bonchev–Trinajstić information content (AvgIpc) is 2.76. The SMILES string of the molecule is C=C(C)/C(=C\C(=C/C)NC(=O)c1cc(O)cc(OC)c1)c1ccc(CC)c(N)n1.CC. The number of methoxy groups -OCH3 is 1. The molecule has 2 rings (SSSR count). The Bertz CT molecular complexity index is 992. The summed E-state index contributed by atoms with van der Waals surface area (Å²) in [6.07, 6.45) is 4.37. The number of hydrogen-bond acceptors (Lipinski definition) is 5. The van der Waals surface area contributed by atoms with E-state index in [1.165, 1.54) is 19.2 Å². The number of allylic oxidation sites excluding steroid dienone is 4. The van der Waals surface area contributed by atoms with Crippen LogP contribution in [0.25, 0.3) is 5.57 Å². The minimum atomic E-state index is -0.376. The third kappa shape index (κ3) is 7.03. The molecule has 31 heavy (non-hydrogen) atoms. The van der Waals surface area contributed by atoms with E-state index in [1.54, 1.807) is 18.2 Å². The first-order valence-electron chi connectivity index (χ1n) is 10.3.